The first-order valence-corrected chi connectivity index (χ1v) is 8.29. The Kier molecular flexibility index (Phi) is 4.29. The Bertz CT molecular complexity index is 538. The number of benzene rings is 1. The van der Waals surface area contributed by atoms with Gasteiger partial charge in [0.15, 0.2) is 0 Å². The first kappa shape index (κ1) is 14.6. The lowest BCUT2D eigenvalue weighted by molar-refractivity contribution is -0.125. The van der Waals surface area contributed by atoms with Crippen LogP contribution in [0.4, 0.5) is 5.69 Å². The molecule has 0 heterocycles. The van der Waals surface area contributed by atoms with Gasteiger partial charge >= 0.3 is 0 Å². The summed E-state index contributed by atoms with van der Waals surface area (Å²) in [7, 11) is 0. The number of hydrogen-bond donors (Lipinski definition) is 2. The summed E-state index contributed by atoms with van der Waals surface area (Å²) in [5.41, 5.74) is 0.769. The van der Waals surface area contributed by atoms with E-state index in [0.29, 0.717) is 12.5 Å². The highest BCUT2D eigenvalue weighted by Crippen LogP contribution is 2.40. The van der Waals surface area contributed by atoms with Gasteiger partial charge in [-0.1, -0.05) is 28.8 Å². The molecule has 0 bridgehead atoms. The zero-order valence-corrected chi connectivity index (χ0v) is 13.4. The van der Waals surface area contributed by atoms with Crippen LogP contribution in [0.15, 0.2) is 28.7 Å². The third kappa shape index (κ3) is 3.64. The molecule has 112 valence electrons. The summed E-state index contributed by atoms with van der Waals surface area (Å²) in [5.74, 6) is -0.308. The van der Waals surface area contributed by atoms with E-state index < -0.39 is 0 Å². The molecule has 4 nitrogen and oxygen atoms in total. The van der Waals surface area contributed by atoms with E-state index in [1.807, 2.05) is 24.3 Å². The summed E-state index contributed by atoms with van der Waals surface area (Å²) in [6, 6.07) is 7.78. The Labute approximate surface area is 132 Å². The maximum absolute atomic E-state index is 12.1. The summed E-state index contributed by atoms with van der Waals surface area (Å²) >= 11 is 3.36. The number of carbonyl (C=O) groups excluding carboxylic acids is 2. The van der Waals surface area contributed by atoms with Crippen LogP contribution >= 0.6 is 15.9 Å². The average molecular weight is 351 g/mol. The van der Waals surface area contributed by atoms with Crippen LogP contribution < -0.4 is 10.6 Å². The number of hydrogen-bond acceptors (Lipinski definition) is 2. The van der Waals surface area contributed by atoms with Gasteiger partial charge in [0.25, 0.3) is 0 Å². The molecule has 3 rings (SSSR count). The number of halogens is 1. The van der Waals surface area contributed by atoms with Crippen molar-refractivity contribution in [2.45, 2.75) is 38.1 Å². The highest BCUT2D eigenvalue weighted by molar-refractivity contribution is 9.10. The average Bonchev–Trinajstić information content (AvgIpc) is 3.13. The van der Waals surface area contributed by atoms with Crippen LogP contribution in [0.5, 0.6) is 0 Å². The van der Waals surface area contributed by atoms with E-state index >= 15 is 0 Å². The van der Waals surface area contributed by atoms with Crippen molar-refractivity contribution in [1.82, 2.24) is 5.32 Å². The predicted octanol–water partition coefficient (Wildman–Crippen LogP) is 3.08. The zero-order valence-electron chi connectivity index (χ0n) is 11.8. The lowest BCUT2D eigenvalue weighted by Gasteiger charge is -2.11. The first-order chi connectivity index (χ1) is 10.1. The third-order valence-corrected chi connectivity index (χ3v) is 4.81. The number of nitrogens with one attached hydrogen (secondary N) is 2. The van der Waals surface area contributed by atoms with Crippen LogP contribution in [0.1, 0.15) is 32.1 Å². The molecule has 2 unspecified atom stereocenters. The maximum atomic E-state index is 12.1. The monoisotopic (exact) mass is 350 g/mol. The predicted molar refractivity (Wildman–Crippen MR) is 84.8 cm³/mol. The molecule has 2 N–H and O–H groups in total. The van der Waals surface area contributed by atoms with Crippen LogP contribution in [-0.2, 0) is 9.59 Å². The highest BCUT2D eigenvalue weighted by atomic mass is 79.9. The van der Waals surface area contributed by atoms with Crippen molar-refractivity contribution in [1.29, 1.82) is 0 Å². The van der Waals surface area contributed by atoms with Gasteiger partial charge in [-0.2, -0.15) is 0 Å². The minimum Gasteiger partial charge on any atom is -0.353 e. The van der Waals surface area contributed by atoms with Gasteiger partial charge in [-0.15, -0.1) is 0 Å². The lowest BCUT2D eigenvalue weighted by atomic mass is 10.2. The van der Waals surface area contributed by atoms with Gasteiger partial charge in [-0.05, 0) is 43.5 Å². The Morgan fingerprint density at radius 1 is 1.00 bits per heavy atom. The van der Waals surface area contributed by atoms with E-state index in [1.165, 1.54) is 12.8 Å². The largest absolute Gasteiger partial charge is 0.353 e. The topological polar surface area (TPSA) is 58.2 Å². The number of carbonyl (C=O) groups is 2. The summed E-state index contributed by atoms with van der Waals surface area (Å²) < 4.78 is 0.973. The summed E-state index contributed by atoms with van der Waals surface area (Å²) in [5, 5.41) is 5.94. The van der Waals surface area contributed by atoms with Crippen molar-refractivity contribution in [3.05, 3.63) is 28.7 Å². The van der Waals surface area contributed by atoms with E-state index in [9.17, 15) is 9.59 Å². The van der Waals surface area contributed by atoms with Crippen molar-refractivity contribution in [3.63, 3.8) is 0 Å². The molecule has 2 aliphatic carbocycles. The molecule has 2 amide bonds. The minimum atomic E-state index is -0.171. The smallest absolute Gasteiger partial charge is 0.228 e. The Hall–Kier alpha value is -1.36. The normalized spacial score (nSPS) is 24.6. The number of rotatable bonds is 4. The van der Waals surface area contributed by atoms with E-state index in [4.69, 9.17) is 0 Å². The molecular weight excluding hydrogens is 332 g/mol. The Morgan fingerprint density at radius 3 is 2.29 bits per heavy atom. The van der Waals surface area contributed by atoms with E-state index in [1.54, 1.807) is 0 Å². The van der Waals surface area contributed by atoms with Crippen LogP contribution in [0.25, 0.3) is 0 Å². The van der Waals surface area contributed by atoms with Gasteiger partial charge in [0.05, 0.1) is 11.8 Å². The Balaban J connectivity index is 1.48. The molecular formula is C16H19BrN2O2. The number of anilines is 1. The van der Waals surface area contributed by atoms with E-state index in [2.05, 4.69) is 26.6 Å². The molecule has 2 fully saturated rings. The molecule has 21 heavy (non-hydrogen) atoms. The van der Waals surface area contributed by atoms with Crippen molar-refractivity contribution < 1.29 is 9.59 Å². The fraction of sp³-hybridized carbons (Fsp3) is 0.500. The van der Waals surface area contributed by atoms with Gasteiger partial charge in [0, 0.05) is 16.2 Å². The van der Waals surface area contributed by atoms with Crippen molar-refractivity contribution in [2.24, 2.45) is 11.8 Å². The standard InChI is InChI=1S/C16H19BrN2O2/c17-10-5-7-12(8-6-10)19-16(21)14-9-13(14)15(20)18-11-3-1-2-4-11/h5-8,11,13-14H,1-4,9H2,(H,18,20)(H,19,21). The van der Waals surface area contributed by atoms with Gasteiger partial charge in [-0.25, -0.2) is 0 Å². The third-order valence-electron chi connectivity index (χ3n) is 4.28. The highest BCUT2D eigenvalue weighted by Gasteiger charge is 2.48. The molecule has 1 aromatic rings. The Morgan fingerprint density at radius 2 is 1.62 bits per heavy atom. The lowest BCUT2D eigenvalue weighted by Crippen LogP contribution is -2.34. The van der Waals surface area contributed by atoms with Crippen LogP contribution in [0.2, 0.25) is 0 Å². The second kappa shape index (κ2) is 6.18. The van der Waals surface area contributed by atoms with Gasteiger partial charge in [0.1, 0.15) is 0 Å². The summed E-state index contributed by atoms with van der Waals surface area (Å²) in [6.07, 6.45) is 5.22. The van der Waals surface area contributed by atoms with Crippen molar-refractivity contribution >= 4 is 33.4 Å². The fourth-order valence-corrected chi connectivity index (χ4v) is 3.19. The fourth-order valence-electron chi connectivity index (χ4n) is 2.92. The zero-order chi connectivity index (χ0) is 14.8. The molecule has 1 aromatic carbocycles. The van der Waals surface area contributed by atoms with Crippen LogP contribution in [0.3, 0.4) is 0 Å². The molecule has 0 radical (unpaired) electrons. The second-order valence-electron chi connectivity index (χ2n) is 5.93. The van der Waals surface area contributed by atoms with E-state index in [-0.39, 0.29) is 23.7 Å². The maximum Gasteiger partial charge on any atom is 0.228 e. The van der Waals surface area contributed by atoms with Crippen LogP contribution in [0, 0.1) is 11.8 Å². The summed E-state index contributed by atoms with van der Waals surface area (Å²) in [4.78, 5) is 24.2. The molecule has 2 aliphatic rings. The van der Waals surface area contributed by atoms with Gasteiger partial charge in [-0.3, -0.25) is 9.59 Å². The first-order valence-electron chi connectivity index (χ1n) is 7.50. The second-order valence-corrected chi connectivity index (χ2v) is 6.85. The number of amides is 2. The molecule has 2 atom stereocenters. The summed E-state index contributed by atoms with van der Waals surface area (Å²) in [6.45, 7) is 0. The molecule has 5 heteroatoms. The van der Waals surface area contributed by atoms with Gasteiger partial charge < -0.3 is 10.6 Å². The molecule has 0 spiro atoms. The minimum absolute atomic E-state index is 0.0519. The SMILES string of the molecule is O=C(Nc1ccc(Br)cc1)C1CC1C(=O)NC1CCCC1. The van der Waals surface area contributed by atoms with Gasteiger partial charge in [0.2, 0.25) is 11.8 Å². The molecule has 2 saturated carbocycles. The molecule has 0 aromatic heterocycles. The van der Waals surface area contributed by atoms with E-state index in [0.717, 1.165) is 23.0 Å². The van der Waals surface area contributed by atoms with Crippen molar-refractivity contribution in [2.75, 3.05) is 5.32 Å². The van der Waals surface area contributed by atoms with Crippen molar-refractivity contribution in [3.8, 4) is 0 Å². The quantitative estimate of drug-likeness (QED) is 0.876. The van der Waals surface area contributed by atoms with Crippen LogP contribution in [-0.4, -0.2) is 17.9 Å². The molecule has 0 saturated heterocycles. The molecule has 0 aliphatic heterocycles.